The van der Waals surface area contributed by atoms with E-state index >= 15 is 0 Å². The number of rotatable bonds is 21. The second-order valence-electron chi connectivity index (χ2n) is 17.5. The van der Waals surface area contributed by atoms with Crippen LogP contribution in [0.5, 0.6) is 11.5 Å². The van der Waals surface area contributed by atoms with Gasteiger partial charge in [-0.05, 0) is 74.6 Å². The molecule has 2 aliphatic heterocycles. The number of aliphatic hydroxyl groups is 1. The van der Waals surface area contributed by atoms with E-state index in [1.54, 1.807) is 31.5 Å². The van der Waals surface area contributed by atoms with E-state index in [-0.39, 0.29) is 35.7 Å². The molecule has 3 amide bonds. The normalized spacial score (nSPS) is 19.0. The summed E-state index contributed by atoms with van der Waals surface area (Å²) in [5, 5.41) is 16.1. The quantitative estimate of drug-likeness (QED) is 0.0483. The second kappa shape index (κ2) is 22.8. The van der Waals surface area contributed by atoms with Crippen molar-refractivity contribution in [3.05, 3.63) is 60.4 Å². The predicted molar refractivity (Wildman–Crippen MR) is 245 cm³/mol. The van der Waals surface area contributed by atoms with Gasteiger partial charge in [-0.1, -0.05) is 38.8 Å². The van der Waals surface area contributed by atoms with Crippen LogP contribution < -0.4 is 20.1 Å². The first-order valence-corrected chi connectivity index (χ1v) is 23.1. The summed E-state index contributed by atoms with van der Waals surface area (Å²) in [6.07, 6.45) is 8.79. The molecule has 3 fully saturated rings. The van der Waals surface area contributed by atoms with Crippen LogP contribution in [0.25, 0.3) is 33.6 Å². The number of carbonyl (C=O) groups is 3. The third-order valence-corrected chi connectivity index (χ3v) is 12.9. The third kappa shape index (κ3) is 11.2. The molecule has 5 atom stereocenters. The lowest BCUT2D eigenvalue weighted by Crippen LogP contribution is -2.53. The van der Waals surface area contributed by atoms with Gasteiger partial charge < -0.3 is 58.6 Å². The third-order valence-electron chi connectivity index (χ3n) is 12.9. The van der Waals surface area contributed by atoms with E-state index in [1.165, 1.54) is 14.2 Å². The fourth-order valence-corrected chi connectivity index (χ4v) is 9.45. The van der Waals surface area contributed by atoms with Gasteiger partial charge in [-0.3, -0.25) is 14.9 Å². The van der Waals surface area contributed by atoms with Crippen LogP contribution in [0, 0.1) is 11.8 Å². The van der Waals surface area contributed by atoms with E-state index in [9.17, 15) is 19.5 Å². The van der Waals surface area contributed by atoms with Crippen molar-refractivity contribution in [1.82, 2.24) is 40.4 Å². The summed E-state index contributed by atoms with van der Waals surface area (Å²) in [7, 11) is 5.95. The second-order valence-corrected chi connectivity index (χ2v) is 17.5. The van der Waals surface area contributed by atoms with Crippen LogP contribution in [0.3, 0.4) is 0 Å². The molecule has 4 heterocycles. The van der Waals surface area contributed by atoms with Gasteiger partial charge in [0.15, 0.2) is 0 Å². The number of hydrogen-bond acceptors (Lipinski definition) is 13. The highest BCUT2D eigenvalue weighted by atomic mass is 16.6. The first-order valence-electron chi connectivity index (χ1n) is 23.1. The van der Waals surface area contributed by atoms with Gasteiger partial charge in [0.25, 0.3) is 0 Å². The fourth-order valence-electron chi connectivity index (χ4n) is 9.45. The van der Waals surface area contributed by atoms with Crippen molar-refractivity contribution >= 4 is 17.9 Å². The maximum atomic E-state index is 14.1. The summed E-state index contributed by atoms with van der Waals surface area (Å²) >= 11 is 0. The molecule has 0 spiro atoms. The highest BCUT2D eigenvalue weighted by Gasteiger charge is 2.41. The Bertz CT molecular complexity index is 2240. The maximum Gasteiger partial charge on any atom is 0.407 e. The number of H-pyrrole nitrogens is 2. The largest absolute Gasteiger partial charge is 0.491 e. The number of imidazole rings is 2. The number of methoxy groups -OCH3 is 4. The minimum atomic E-state index is -1.23. The van der Waals surface area contributed by atoms with Crippen LogP contribution in [0.4, 0.5) is 4.79 Å². The molecular formula is C48H66N8O10. The van der Waals surface area contributed by atoms with E-state index in [0.717, 1.165) is 85.0 Å². The Morgan fingerprint density at radius 2 is 1.24 bits per heavy atom. The summed E-state index contributed by atoms with van der Waals surface area (Å²) < 4.78 is 33.4. The van der Waals surface area contributed by atoms with Crippen molar-refractivity contribution in [2.24, 2.45) is 11.8 Å². The Morgan fingerprint density at radius 1 is 0.727 bits per heavy atom. The molecule has 2 aromatic carbocycles. The average molecular weight is 915 g/mol. The molecule has 0 bridgehead atoms. The van der Waals surface area contributed by atoms with Crippen LogP contribution in [0.15, 0.2) is 48.8 Å². The summed E-state index contributed by atoms with van der Waals surface area (Å²) in [5.74, 6) is 2.34. The number of hydrogen-bond donors (Lipinski definition) is 5. The van der Waals surface area contributed by atoms with Crippen molar-refractivity contribution in [2.45, 2.75) is 95.8 Å². The van der Waals surface area contributed by atoms with Gasteiger partial charge >= 0.3 is 6.09 Å². The number of alkyl carbamates (subject to hydrolysis) is 1. The lowest BCUT2D eigenvalue weighted by Gasteiger charge is -2.32. The number of ether oxygens (including phenoxy) is 6. The molecule has 1 aliphatic carbocycles. The molecule has 7 rings (SSSR count). The van der Waals surface area contributed by atoms with Crippen molar-refractivity contribution in [2.75, 3.05) is 68.0 Å². The topological polar surface area (TPSA) is 215 Å². The van der Waals surface area contributed by atoms with Gasteiger partial charge in [-0.2, -0.15) is 0 Å². The summed E-state index contributed by atoms with van der Waals surface area (Å²) in [6.45, 7) is 6.30. The van der Waals surface area contributed by atoms with Crippen LogP contribution in [0.2, 0.25) is 0 Å². The zero-order valence-electron chi connectivity index (χ0n) is 39.0. The molecule has 66 heavy (non-hydrogen) atoms. The van der Waals surface area contributed by atoms with Gasteiger partial charge in [-0.25, -0.2) is 14.8 Å². The molecule has 4 aromatic rings. The van der Waals surface area contributed by atoms with Crippen molar-refractivity contribution in [1.29, 1.82) is 0 Å². The Labute approximate surface area is 386 Å². The molecule has 18 nitrogen and oxygen atoms in total. The van der Waals surface area contributed by atoms with Gasteiger partial charge in [0.1, 0.15) is 42.4 Å². The SMILES string of the molecule is COCCOc1cc(-c2cnc(C3CCCN3C(=O)C(NC(=O)OC)C(C)C)[nH]2)ccc1-c1ccc(-c2cnc(C3CCCN3C(=O)C(NC(O)OC)C3CCCC3)[nH]2)cc1OCCOC. The summed E-state index contributed by atoms with van der Waals surface area (Å²) in [6, 6.07) is 10.1. The molecule has 2 saturated heterocycles. The zero-order chi connectivity index (χ0) is 46.7. The molecule has 2 aromatic heterocycles. The van der Waals surface area contributed by atoms with Crippen LogP contribution in [0.1, 0.15) is 88.9 Å². The van der Waals surface area contributed by atoms with E-state index < -0.39 is 24.6 Å². The maximum absolute atomic E-state index is 14.1. The van der Waals surface area contributed by atoms with E-state index in [4.69, 9.17) is 38.4 Å². The first-order chi connectivity index (χ1) is 32.0. The first kappa shape index (κ1) is 48.4. The van der Waals surface area contributed by atoms with Crippen LogP contribution in [-0.4, -0.2) is 139 Å². The van der Waals surface area contributed by atoms with Crippen molar-refractivity contribution in [3.8, 4) is 45.1 Å². The van der Waals surface area contributed by atoms with Gasteiger partial charge in [0, 0.05) is 56.7 Å². The number of amides is 3. The molecular weight excluding hydrogens is 849 g/mol. The van der Waals surface area contributed by atoms with Gasteiger partial charge in [-0.15, -0.1) is 0 Å². The Hall–Kier alpha value is -5.53. The monoisotopic (exact) mass is 914 g/mol. The van der Waals surface area contributed by atoms with E-state index in [1.807, 2.05) is 55.1 Å². The van der Waals surface area contributed by atoms with Crippen molar-refractivity contribution < 1.29 is 47.9 Å². The zero-order valence-corrected chi connectivity index (χ0v) is 39.0. The van der Waals surface area contributed by atoms with E-state index in [0.29, 0.717) is 62.7 Å². The fraction of sp³-hybridized carbons (Fsp3) is 0.562. The Kier molecular flexibility index (Phi) is 16.7. The highest BCUT2D eigenvalue weighted by Crippen LogP contribution is 2.42. The molecule has 5 unspecified atom stereocenters. The molecule has 5 N–H and O–H groups in total. The number of likely N-dealkylation sites (tertiary alicyclic amines) is 2. The smallest absolute Gasteiger partial charge is 0.407 e. The van der Waals surface area contributed by atoms with E-state index in [2.05, 4.69) is 20.6 Å². The molecule has 18 heteroatoms. The standard InChI is InChI=1S/C48H66N8O10/c1-29(2)41(53-47(59)63-5)45(57)55-19-9-13-37(55)43-49-27-35(51-43)31-15-17-33(39(25-31)65-23-21-61-3)34-18-16-32(26-40(34)66-24-22-62-4)36-28-50-44(52-36)38-14-10-20-56(38)46(58)42(54-48(60)64-6)30-11-7-8-12-30/h15-18,25-30,37-38,41-42,48,54,60H,7-14,19-24H2,1-6H3,(H,49,51)(H,50,52)(H,53,59). The number of nitrogens with one attached hydrogen (secondary N) is 4. The molecule has 0 radical (unpaired) electrons. The van der Waals surface area contributed by atoms with Crippen molar-refractivity contribution in [3.63, 3.8) is 0 Å². The number of carbonyl (C=O) groups excluding carboxylic acids is 3. The lowest BCUT2D eigenvalue weighted by atomic mass is 9.96. The molecule has 1 saturated carbocycles. The minimum absolute atomic E-state index is 0.0438. The number of aromatic amines is 2. The highest BCUT2D eigenvalue weighted by molar-refractivity contribution is 5.87. The summed E-state index contributed by atoms with van der Waals surface area (Å²) in [5.41, 5.74) is 4.80. The predicted octanol–water partition coefficient (Wildman–Crippen LogP) is 5.96. The number of aromatic nitrogens is 4. The van der Waals surface area contributed by atoms with Gasteiger partial charge in [0.2, 0.25) is 18.2 Å². The number of nitrogens with zero attached hydrogens (tertiary/aromatic N) is 4. The van der Waals surface area contributed by atoms with Crippen LogP contribution >= 0.6 is 0 Å². The number of benzene rings is 2. The van der Waals surface area contributed by atoms with Crippen LogP contribution in [-0.2, 0) is 28.5 Å². The van der Waals surface area contributed by atoms with Gasteiger partial charge in [0.05, 0.1) is 62.2 Å². The number of aliphatic hydroxyl groups excluding tert-OH is 1. The molecule has 3 aliphatic rings. The average Bonchev–Trinajstić information content (AvgIpc) is 4.19. The molecule has 358 valence electrons. The summed E-state index contributed by atoms with van der Waals surface area (Å²) in [4.78, 5) is 60.2. The Balaban J connectivity index is 1.15. The minimum Gasteiger partial charge on any atom is -0.491 e. The lowest BCUT2D eigenvalue weighted by molar-refractivity contribution is -0.145. The Morgan fingerprint density at radius 3 is 1.71 bits per heavy atom.